The van der Waals surface area contributed by atoms with Crippen LogP contribution in [0.15, 0.2) is 16.7 Å². The SMILES string of the molecule is CCCn1cc(Br)cc1C(=O)NC1(C)CCCCC1. The molecular formula is C15H23BrN2O. The number of nitrogens with one attached hydrogen (secondary N) is 1. The van der Waals surface area contributed by atoms with Crippen LogP contribution in [0.3, 0.4) is 0 Å². The van der Waals surface area contributed by atoms with Crippen LogP contribution in [-0.2, 0) is 6.54 Å². The zero-order valence-corrected chi connectivity index (χ0v) is 13.4. The number of carbonyl (C=O) groups excluding carboxylic acids is 1. The van der Waals surface area contributed by atoms with Crippen LogP contribution in [0.1, 0.15) is 62.9 Å². The topological polar surface area (TPSA) is 34.0 Å². The molecule has 0 aromatic carbocycles. The van der Waals surface area contributed by atoms with Gasteiger partial charge in [-0.15, -0.1) is 0 Å². The van der Waals surface area contributed by atoms with Crippen LogP contribution in [0.25, 0.3) is 0 Å². The van der Waals surface area contributed by atoms with Crippen LogP contribution in [-0.4, -0.2) is 16.0 Å². The van der Waals surface area contributed by atoms with E-state index in [9.17, 15) is 4.79 Å². The average molecular weight is 327 g/mol. The fourth-order valence-electron chi connectivity index (χ4n) is 2.89. The molecule has 1 aromatic heterocycles. The summed E-state index contributed by atoms with van der Waals surface area (Å²) in [5.41, 5.74) is 0.740. The van der Waals surface area contributed by atoms with E-state index in [1.54, 1.807) is 0 Å². The van der Waals surface area contributed by atoms with E-state index in [1.807, 2.05) is 16.8 Å². The summed E-state index contributed by atoms with van der Waals surface area (Å²) in [5.74, 6) is 0.0588. The fraction of sp³-hybridized carbons (Fsp3) is 0.667. The van der Waals surface area contributed by atoms with Gasteiger partial charge in [0.2, 0.25) is 0 Å². The molecule has 1 aliphatic carbocycles. The molecule has 0 spiro atoms. The second kappa shape index (κ2) is 6.12. The normalized spacial score (nSPS) is 18.3. The van der Waals surface area contributed by atoms with Crippen molar-refractivity contribution in [1.82, 2.24) is 9.88 Å². The Labute approximate surface area is 123 Å². The number of carbonyl (C=O) groups is 1. The quantitative estimate of drug-likeness (QED) is 0.887. The molecule has 0 atom stereocenters. The van der Waals surface area contributed by atoms with Gasteiger partial charge in [-0.2, -0.15) is 0 Å². The molecule has 0 aliphatic heterocycles. The maximum atomic E-state index is 12.5. The minimum Gasteiger partial charge on any atom is -0.346 e. The molecule has 1 saturated carbocycles. The van der Waals surface area contributed by atoms with Gasteiger partial charge in [-0.05, 0) is 48.2 Å². The molecule has 0 bridgehead atoms. The van der Waals surface area contributed by atoms with Crippen LogP contribution in [0.2, 0.25) is 0 Å². The highest BCUT2D eigenvalue weighted by Crippen LogP contribution is 2.28. The highest BCUT2D eigenvalue weighted by Gasteiger charge is 2.29. The van der Waals surface area contributed by atoms with Crippen LogP contribution >= 0.6 is 15.9 Å². The summed E-state index contributed by atoms with van der Waals surface area (Å²) >= 11 is 3.46. The van der Waals surface area contributed by atoms with E-state index in [0.717, 1.165) is 36.0 Å². The number of nitrogens with zero attached hydrogens (tertiary/aromatic N) is 1. The van der Waals surface area contributed by atoms with Gasteiger partial charge in [0.05, 0.1) is 0 Å². The van der Waals surface area contributed by atoms with Crippen LogP contribution in [0.5, 0.6) is 0 Å². The Morgan fingerprint density at radius 1 is 1.42 bits per heavy atom. The summed E-state index contributed by atoms with van der Waals surface area (Å²) in [6, 6.07) is 1.91. The predicted octanol–water partition coefficient (Wildman–Crippen LogP) is 4.11. The summed E-state index contributed by atoms with van der Waals surface area (Å²) in [4.78, 5) is 12.5. The van der Waals surface area contributed by atoms with Gasteiger partial charge >= 0.3 is 0 Å². The Morgan fingerprint density at radius 3 is 2.74 bits per heavy atom. The minimum absolute atomic E-state index is 0.0247. The third-order valence-corrected chi connectivity index (χ3v) is 4.37. The molecule has 1 heterocycles. The number of amides is 1. The monoisotopic (exact) mass is 326 g/mol. The molecule has 4 heteroatoms. The molecule has 0 radical (unpaired) electrons. The van der Waals surface area contributed by atoms with Crippen molar-refractivity contribution in [2.75, 3.05) is 0 Å². The van der Waals surface area contributed by atoms with E-state index in [4.69, 9.17) is 0 Å². The second-order valence-electron chi connectivity index (χ2n) is 5.81. The molecular weight excluding hydrogens is 304 g/mol. The lowest BCUT2D eigenvalue weighted by Gasteiger charge is -2.34. The zero-order chi connectivity index (χ0) is 13.9. The minimum atomic E-state index is -0.0247. The number of rotatable bonds is 4. The molecule has 2 rings (SSSR count). The van der Waals surface area contributed by atoms with Crippen molar-refractivity contribution in [3.63, 3.8) is 0 Å². The summed E-state index contributed by atoms with van der Waals surface area (Å²) in [5, 5.41) is 3.24. The van der Waals surface area contributed by atoms with Gasteiger partial charge in [0.15, 0.2) is 0 Å². The Balaban J connectivity index is 2.10. The van der Waals surface area contributed by atoms with Gasteiger partial charge < -0.3 is 9.88 Å². The molecule has 3 nitrogen and oxygen atoms in total. The lowest BCUT2D eigenvalue weighted by atomic mass is 9.83. The molecule has 0 saturated heterocycles. The first-order valence-electron chi connectivity index (χ1n) is 7.22. The Kier molecular flexibility index (Phi) is 4.71. The highest BCUT2D eigenvalue weighted by molar-refractivity contribution is 9.10. The third-order valence-electron chi connectivity index (χ3n) is 3.93. The van der Waals surface area contributed by atoms with Gasteiger partial charge in [-0.25, -0.2) is 0 Å². The number of aryl methyl sites for hydroxylation is 1. The first-order valence-corrected chi connectivity index (χ1v) is 8.01. The summed E-state index contributed by atoms with van der Waals surface area (Å²) in [7, 11) is 0. The predicted molar refractivity (Wildman–Crippen MR) is 81.4 cm³/mol. The van der Waals surface area contributed by atoms with Crippen molar-refractivity contribution >= 4 is 21.8 Å². The van der Waals surface area contributed by atoms with Gasteiger partial charge in [0.1, 0.15) is 5.69 Å². The first kappa shape index (κ1) is 14.6. The zero-order valence-electron chi connectivity index (χ0n) is 11.8. The Bertz CT molecular complexity index is 447. The van der Waals surface area contributed by atoms with Crippen LogP contribution in [0, 0.1) is 0 Å². The average Bonchev–Trinajstić information content (AvgIpc) is 2.71. The van der Waals surface area contributed by atoms with Gasteiger partial charge in [-0.1, -0.05) is 26.2 Å². The van der Waals surface area contributed by atoms with Crippen molar-refractivity contribution in [2.24, 2.45) is 0 Å². The van der Waals surface area contributed by atoms with E-state index < -0.39 is 0 Å². The van der Waals surface area contributed by atoms with E-state index >= 15 is 0 Å². The summed E-state index contributed by atoms with van der Waals surface area (Å²) < 4.78 is 3.01. The maximum Gasteiger partial charge on any atom is 0.268 e. The van der Waals surface area contributed by atoms with Crippen molar-refractivity contribution in [2.45, 2.75) is 64.5 Å². The van der Waals surface area contributed by atoms with Crippen LogP contribution in [0.4, 0.5) is 0 Å². The number of hydrogen-bond donors (Lipinski definition) is 1. The first-order chi connectivity index (χ1) is 9.04. The number of hydrogen-bond acceptors (Lipinski definition) is 1. The smallest absolute Gasteiger partial charge is 0.268 e. The number of aromatic nitrogens is 1. The molecule has 106 valence electrons. The van der Waals surface area contributed by atoms with Gasteiger partial charge in [0, 0.05) is 22.8 Å². The maximum absolute atomic E-state index is 12.5. The van der Waals surface area contributed by atoms with E-state index in [-0.39, 0.29) is 11.4 Å². The van der Waals surface area contributed by atoms with E-state index in [1.165, 1.54) is 19.3 Å². The lowest BCUT2D eigenvalue weighted by molar-refractivity contribution is 0.0873. The summed E-state index contributed by atoms with van der Waals surface area (Å²) in [6.45, 7) is 5.18. The molecule has 1 N–H and O–H groups in total. The fourth-order valence-corrected chi connectivity index (χ4v) is 3.35. The highest BCUT2D eigenvalue weighted by atomic mass is 79.9. The molecule has 1 aromatic rings. The van der Waals surface area contributed by atoms with E-state index in [0.29, 0.717) is 0 Å². The summed E-state index contributed by atoms with van der Waals surface area (Å²) in [6.07, 6.45) is 8.93. The molecule has 1 fully saturated rings. The van der Waals surface area contributed by atoms with Crippen molar-refractivity contribution in [3.05, 3.63) is 22.4 Å². The lowest BCUT2D eigenvalue weighted by Crippen LogP contribution is -2.47. The second-order valence-corrected chi connectivity index (χ2v) is 6.73. The van der Waals surface area contributed by atoms with Crippen molar-refractivity contribution < 1.29 is 4.79 Å². The molecule has 19 heavy (non-hydrogen) atoms. The Hall–Kier alpha value is -0.770. The molecule has 0 unspecified atom stereocenters. The van der Waals surface area contributed by atoms with Crippen molar-refractivity contribution in [3.8, 4) is 0 Å². The van der Waals surface area contributed by atoms with E-state index in [2.05, 4.69) is 35.1 Å². The third kappa shape index (κ3) is 3.62. The molecule has 1 aliphatic rings. The number of halogens is 1. The van der Waals surface area contributed by atoms with Crippen LogP contribution < -0.4 is 5.32 Å². The van der Waals surface area contributed by atoms with Gasteiger partial charge in [0.25, 0.3) is 5.91 Å². The van der Waals surface area contributed by atoms with Gasteiger partial charge in [-0.3, -0.25) is 4.79 Å². The van der Waals surface area contributed by atoms with Crippen molar-refractivity contribution in [1.29, 1.82) is 0 Å². The Morgan fingerprint density at radius 2 is 2.11 bits per heavy atom. The molecule has 1 amide bonds. The largest absolute Gasteiger partial charge is 0.346 e. The standard InChI is InChI=1S/C15H23BrN2O/c1-3-9-18-11-12(16)10-13(18)14(19)17-15(2)7-5-4-6-8-15/h10-11H,3-9H2,1-2H3,(H,17,19).